The van der Waals surface area contributed by atoms with Crippen molar-refractivity contribution in [1.29, 1.82) is 0 Å². The largest absolute Gasteiger partial charge is 0.493 e. The fourth-order valence-corrected chi connectivity index (χ4v) is 3.82. The lowest BCUT2D eigenvalue weighted by molar-refractivity contribution is 0.0988. The first-order valence-corrected chi connectivity index (χ1v) is 10.2. The number of para-hydroxylation sites is 1. The number of carbonyl (C=O) groups is 2. The summed E-state index contributed by atoms with van der Waals surface area (Å²) in [5.74, 6) is 0.805. The van der Waals surface area contributed by atoms with Crippen molar-refractivity contribution in [2.45, 2.75) is 6.42 Å². The van der Waals surface area contributed by atoms with Gasteiger partial charge in [0.1, 0.15) is 0 Å². The summed E-state index contributed by atoms with van der Waals surface area (Å²) >= 11 is 0. The van der Waals surface area contributed by atoms with Crippen LogP contribution in [0.3, 0.4) is 0 Å². The van der Waals surface area contributed by atoms with Gasteiger partial charge >= 0.3 is 0 Å². The molecular formula is C25H24N2O5. The van der Waals surface area contributed by atoms with Crippen LogP contribution in [0.4, 0.5) is 11.4 Å². The number of nitrogens with zero attached hydrogens (tertiary/aromatic N) is 1. The van der Waals surface area contributed by atoms with Crippen LogP contribution in [0.2, 0.25) is 0 Å². The molecule has 32 heavy (non-hydrogen) atoms. The molecule has 0 unspecified atom stereocenters. The molecule has 0 spiro atoms. The summed E-state index contributed by atoms with van der Waals surface area (Å²) in [6.07, 6.45) is 0.852. The summed E-state index contributed by atoms with van der Waals surface area (Å²) < 4.78 is 15.9. The molecule has 0 atom stereocenters. The third-order valence-electron chi connectivity index (χ3n) is 5.45. The van der Waals surface area contributed by atoms with E-state index in [4.69, 9.17) is 14.2 Å². The average Bonchev–Trinajstić information content (AvgIpc) is 3.27. The highest BCUT2D eigenvalue weighted by Gasteiger charge is 2.25. The number of hydrogen-bond donors (Lipinski definition) is 1. The van der Waals surface area contributed by atoms with E-state index in [1.165, 1.54) is 26.9 Å². The lowest BCUT2D eigenvalue weighted by Crippen LogP contribution is -2.28. The summed E-state index contributed by atoms with van der Waals surface area (Å²) in [7, 11) is 4.49. The van der Waals surface area contributed by atoms with Crippen LogP contribution >= 0.6 is 0 Å². The summed E-state index contributed by atoms with van der Waals surface area (Å²) in [6, 6.07) is 18.0. The molecule has 0 fully saturated rings. The minimum absolute atomic E-state index is 0.0579. The Morgan fingerprint density at radius 3 is 2.12 bits per heavy atom. The average molecular weight is 432 g/mol. The van der Waals surface area contributed by atoms with Crippen LogP contribution in [0.25, 0.3) is 0 Å². The zero-order chi connectivity index (χ0) is 22.7. The van der Waals surface area contributed by atoms with Crippen LogP contribution in [-0.4, -0.2) is 39.7 Å². The number of fused-ring (bicyclic) bond motifs is 1. The van der Waals surface area contributed by atoms with E-state index in [2.05, 4.69) is 5.32 Å². The van der Waals surface area contributed by atoms with Crippen molar-refractivity contribution in [1.82, 2.24) is 0 Å². The first kappa shape index (κ1) is 21.2. The van der Waals surface area contributed by atoms with Gasteiger partial charge in [-0.15, -0.1) is 0 Å². The highest BCUT2D eigenvalue weighted by molar-refractivity contribution is 6.08. The number of nitrogens with one attached hydrogen (secondary N) is 1. The second-order valence-corrected chi connectivity index (χ2v) is 7.28. The first-order chi connectivity index (χ1) is 15.5. The van der Waals surface area contributed by atoms with Gasteiger partial charge in [-0.05, 0) is 54.4 Å². The van der Waals surface area contributed by atoms with Crippen molar-refractivity contribution in [3.05, 3.63) is 77.4 Å². The Bertz CT molecular complexity index is 1130. The van der Waals surface area contributed by atoms with Crippen LogP contribution < -0.4 is 24.4 Å². The third kappa shape index (κ3) is 3.97. The summed E-state index contributed by atoms with van der Waals surface area (Å²) in [6.45, 7) is 0.664. The van der Waals surface area contributed by atoms with Crippen LogP contribution in [0.1, 0.15) is 26.3 Å². The predicted molar refractivity (Wildman–Crippen MR) is 122 cm³/mol. The van der Waals surface area contributed by atoms with Crippen LogP contribution in [-0.2, 0) is 6.42 Å². The molecule has 7 heteroatoms. The fraction of sp³-hybridized carbons (Fsp3) is 0.200. The van der Waals surface area contributed by atoms with E-state index in [0.717, 1.165) is 12.1 Å². The van der Waals surface area contributed by atoms with Crippen LogP contribution in [0.15, 0.2) is 60.7 Å². The molecule has 1 aliphatic heterocycles. The third-order valence-corrected chi connectivity index (χ3v) is 5.45. The molecule has 164 valence electrons. The molecule has 0 aromatic heterocycles. The molecule has 1 aliphatic rings. The second-order valence-electron chi connectivity index (χ2n) is 7.28. The van der Waals surface area contributed by atoms with Gasteiger partial charge in [-0.1, -0.05) is 18.2 Å². The Hall–Kier alpha value is -4.00. The van der Waals surface area contributed by atoms with Crippen molar-refractivity contribution in [3.8, 4) is 17.2 Å². The van der Waals surface area contributed by atoms with Crippen molar-refractivity contribution < 1.29 is 23.8 Å². The van der Waals surface area contributed by atoms with Crippen molar-refractivity contribution in [3.63, 3.8) is 0 Å². The fourth-order valence-electron chi connectivity index (χ4n) is 3.82. The highest BCUT2D eigenvalue weighted by Crippen LogP contribution is 2.38. The van der Waals surface area contributed by atoms with Gasteiger partial charge in [0.2, 0.25) is 5.75 Å². The van der Waals surface area contributed by atoms with Gasteiger partial charge in [0.15, 0.2) is 11.5 Å². The molecule has 0 saturated heterocycles. The molecule has 1 heterocycles. The normalized spacial score (nSPS) is 12.2. The zero-order valence-electron chi connectivity index (χ0n) is 18.2. The van der Waals surface area contributed by atoms with Crippen molar-refractivity contribution in [2.75, 3.05) is 38.1 Å². The van der Waals surface area contributed by atoms with Gasteiger partial charge in [-0.3, -0.25) is 9.59 Å². The number of rotatable bonds is 6. The summed E-state index contributed by atoms with van der Waals surface area (Å²) in [4.78, 5) is 27.5. The maximum Gasteiger partial charge on any atom is 0.258 e. The number of benzene rings is 3. The highest BCUT2D eigenvalue weighted by atomic mass is 16.5. The molecule has 0 bridgehead atoms. The minimum Gasteiger partial charge on any atom is -0.493 e. The molecule has 4 rings (SSSR count). The van der Waals surface area contributed by atoms with Gasteiger partial charge in [0, 0.05) is 29.0 Å². The van der Waals surface area contributed by atoms with Gasteiger partial charge in [-0.2, -0.15) is 0 Å². The summed E-state index contributed by atoms with van der Waals surface area (Å²) in [5, 5.41) is 2.83. The number of hydrogen-bond acceptors (Lipinski definition) is 5. The molecule has 7 nitrogen and oxygen atoms in total. The number of methoxy groups -OCH3 is 3. The van der Waals surface area contributed by atoms with Crippen LogP contribution in [0.5, 0.6) is 17.2 Å². The molecule has 0 aliphatic carbocycles. The van der Waals surface area contributed by atoms with E-state index < -0.39 is 0 Å². The van der Waals surface area contributed by atoms with Gasteiger partial charge in [-0.25, -0.2) is 0 Å². The molecule has 0 radical (unpaired) electrons. The minimum atomic E-state index is -0.336. The van der Waals surface area contributed by atoms with Gasteiger partial charge in [0.25, 0.3) is 11.8 Å². The van der Waals surface area contributed by atoms with Crippen molar-refractivity contribution in [2.24, 2.45) is 0 Å². The molecular weight excluding hydrogens is 408 g/mol. The van der Waals surface area contributed by atoms with E-state index in [-0.39, 0.29) is 11.8 Å². The lowest BCUT2D eigenvalue weighted by atomic mass is 10.1. The molecule has 2 amide bonds. The lowest BCUT2D eigenvalue weighted by Gasteiger charge is -2.17. The number of amides is 2. The Kier molecular flexibility index (Phi) is 5.98. The van der Waals surface area contributed by atoms with E-state index in [1.54, 1.807) is 41.3 Å². The smallest absolute Gasteiger partial charge is 0.258 e. The van der Waals surface area contributed by atoms with Crippen molar-refractivity contribution >= 4 is 23.2 Å². The number of carbonyl (C=O) groups excluding carboxylic acids is 2. The van der Waals surface area contributed by atoms with E-state index >= 15 is 0 Å². The maximum atomic E-state index is 13.0. The van der Waals surface area contributed by atoms with Gasteiger partial charge in [0.05, 0.1) is 21.3 Å². The molecule has 1 N–H and O–H groups in total. The Labute approximate surface area is 186 Å². The second kappa shape index (κ2) is 9.01. The molecule has 3 aromatic carbocycles. The predicted octanol–water partition coefficient (Wildman–Crippen LogP) is 4.17. The van der Waals surface area contributed by atoms with E-state index in [9.17, 15) is 9.59 Å². The Morgan fingerprint density at radius 2 is 1.50 bits per heavy atom. The monoisotopic (exact) mass is 432 g/mol. The topological polar surface area (TPSA) is 77.1 Å². The van der Waals surface area contributed by atoms with Crippen LogP contribution in [0, 0.1) is 0 Å². The Morgan fingerprint density at radius 1 is 0.844 bits per heavy atom. The first-order valence-electron chi connectivity index (χ1n) is 10.2. The Balaban J connectivity index is 1.50. The van der Waals surface area contributed by atoms with E-state index in [0.29, 0.717) is 40.6 Å². The number of ether oxygens (including phenoxy) is 3. The molecule has 3 aromatic rings. The molecule has 0 saturated carbocycles. The zero-order valence-corrected chi connectivity index (χ0v) is 18.2. The summed E-state index contributed by atoms with van der Waals surface area (Å²) in [5.41, 5.74) is 3.62. The van der Waals surface area contributed by atoms with E-state index in [1.807, 2.05) is 24.3 Å². The quantitative estimate of drug-likeness (QED) is 0.633. The standard InChI is InChI=1S/C25H24N2O5/c1-30-21-14-18(15-22(31-2)23(21)32-3)24(28)26-19-10-8-17(9-11-19)25(29)27-13-12-16-6-4-5-7-20(16)27/h4-11,14-15H,12-13H2,1-3H3,(H,26,28). The maximum absolute atomic E-state index is 13.0. The van der Waals surface area contributed by atoms with Gasteiger partial charge < -0.3 is 24.4 Å². The SMILES string of the molecule is COc1cc(C(=O)Nc2ccc(C(=O)N3CCc4ccccc43)cc2)cc(OC)c1OC. The number of anilines is 2.